The van der Waals surface area contributed by atoms with Gasteiger partial charge in [-0.15, -0.1) is 11.6 Å². The summed E-state index contributed by atoms with van der Waals surface area (Å²) in [5.41, 5.74) is -0.0799. The SMILES string of the molecule is O=c1c2ccccc2cnn1CCCl. The molecule has 14 heavy (non-hydrogen) atoms. The van der Waals surface area contributed by atoms with E-state index in [9.17, 15) is 4.79 Å². The Morgan fingerprint density at radius 2 is 2.14 bits per heavy atom. The maximum absolute atomic E-state index is 11.8. The van der Waals surface area contributed by atoms with Gasteiger partial charge in [0.2, 0.25) is 0 Å². The lowest BCUT2D eigenvalue weighted by Gasteiger charge is -2.02. The second-order valence-corrected chi connectivity index (χ2v) is 3.33. The van der Waals surface area contributed by atoms with Gasteiger partial charge in [0.1, 0.15) is 0 Å². The van der Waals surface area contributed by atoms with Gasteiger partial charge in [-0.3, -0.25) is 4.79 Å². The fourth-order valence-electron chi connectivity index (χ4n) is 1.37. The van der Waals surface area contributed by atoms with Crippen molar-refractivity contribution in [2.45, 2.75) is 6.54 Å². The van der Waals surface area contributed by atoms with Gasteiger partial charge in [0.25, 0.3) is 5.56 Å². The van der Waals surface area contributed by atoms with Crippen LogP contribution in [0.25, 0.3) is 10.8 Å². The zero-order valence-corrected chi connectivity index (χ0v) is 8.24. The van der Waals surface area contributed by atoms with Crippen LogP contribution in [0.5, 0.6) is 0 Å². The van der Waals surface area contributed by atoms with Gasteiger partial charge in [0.05, 0.1) is 18.1 Å². The van der Waals surface area contributed by atoms with E-state index < -0.39 is 0 Å². The number of rotatable bonds is 2. The Morgan fingerprint density at radius 1 is 1.36 bits per heavy atom. The number of hydrogen-bond acceptors (Lipinski definition) is 2. The largest absolute Gasteiger partial charge is 0.274 e. The average molecular weight is 209 g/mol. The van der Waals surface area contributed by atoms with Crippen LogP contribution in [0.4, 0.5) is 0 Å². The Bertz CT molecular complexity index is 507. The molecule has 0 saturated heterocycles. The van der Waals surface area contributed by atoms with Gasteiger partial charge >= 0.3 is 0 Å². The number of alkyl halides is 1. The van der Waals surface area contributed by atoms with E-state index in [-0.39, 0.29) is 5.56 Å². The minimum Gasteiger partial charge on any atom is -0.267 e. The summed E-state index contributed by atoms with van der Waals surface area (Å²) in [6, 6.07) is 7.39. The second-order valence-electron chi connectivity index (χ2n) is 2.95. The highest BCUT2D eigenvalue weighted by molar-refractivity contribution is 6.17. The summed E-state index contributed by atoms with van der Waals surface area (Å²) in [6.07, 6.45) is 1.68. The highest BCUT2D eigenvalue weighted by atomic mass is 35.5. The molecule has 0 unspecified atom stereocenters. The maximum Gasteiger partial charge on any atom is 0.274 e. The van der Waals surface area contributed by atoms with Crippen molar-refractivity contribution in [3.05, 3.63) is 40.8 Å². The van der Waals surface area contributed by atoms with Crippen LogP contribution in [0.2, 0.25) is 0 Å². The Hall–Kier alpha value is -1.35. The molecule has 0 spiro atoms. The molecule has 2 aromatic rings. The maximum atomic E-state index is 11.8. The first-order chi connectivity index (χ1) is 6.83. The van der Waals surface area contributed by atoms with E-state index in [4.69, 9.17) is 11.6 Å². The van der Waals surface area contributed by atoms with Gasteiger partial charge in [-0.2, -0.15) is 5.10 Å². The van der Waals surface area contributed by atoms with E-state index in [0.29, 0.717) is 17.8 Å². The molecule has 0 saturated carbocycles. The summed E-state index contributed by atoms with van der Waals surface area (Å²) < 4.78 is 1.38. The van der Waals surface area contributed by atoms with Crippen LogP contribution >= 0.6 is 11.6 Å². The van der Waals surface area contributed by atoms with E-state index in [0.717, 1.165) is 5.39 Å². The average Bonchev–Trinajstić information content (AvgIpc) is 2.23. The van der Waals surface area contributed by atoms with E-state index >= 15 is 0 Å². The Kier molecular flexibility index (Phi) is 2.50. The molecule has 2 rings (SSSR count). The van der Waals surface area contributed by atoms with Gasteiger partial charge < -0.3 is 0 Å². The Labute approximate surface area is 85.9 Å². The first-order valence-corrected chi connectivity index (χ1v) is 4.87. The smallest absolute Gasteiger partial charge is 0.267 e. The summed E-state index contributed by atoms with van der Waals surface area (Å²) in [4.78, 5) is 11.8. The van der Waals surface area contributed by atoms with Crippen molar-refractivity contribution in [1.29, 1.82) is 0 Å². The fourth-order valence-corrected chi connectivity index (χ4v) is 1.53. The molecule has 0 atom stereocenters. The van der Waals surface area contributed by atoms with Crippen molar-refractivity contribution in [2.24, 2.45) is 0 Å². The summed E-state index contributed by atoms with van der Waals surface area (Å²) >= 11 is 5.56. The van der Waals surface area contributed by atoms with Crippen LogP contribution in [0, 0.1) is 0 Å². The number of benzene rings is 1. The van der Waals surface area contributed by atoms with Crippen molar-refractivity contribution in [2.75, 3.05) is 5.88 Å². The third-order valence-corrected chi connectivity index (χ3v) is 2.23. The molecule has 0 N–H and O–H groups in total. The lowest BCUT2D eigenvalue weighted by molar-refractivity contribution is 0.627. The zero-order valence-electron chi connectivity index (χ0n) is 7.48. The number of halogens is 1. The van der Waals surface area contributed by atoms with Crippen molar-refractivity contribution >= 4 is 22.4 Å². The van der Waals surface area contributed by atoms with Crippen LogP contribution < -0.4 is 5.56 Å². The Balaban J connectivity index is 2.69. The van der Waals surface area contributed by atoms with E-state index in [1.54, 1.807) is 12.3 Å². The highest BCUT2D eigenvalue weighted by Crippen LogP contribution is 2.06. The molecular weight excluding hydrogens is 200 g/mol. The van der Waals surface area contributed by atoms with E-state index in [1.165, 1.54) is 4.68 Å². The van der Waals surface area contributed by atoms with E-state index in [2.05, 4.69) is 5.10 Å². The zero-order chi connectivity index (χ0) is 9.97. The molecule has 72 valence electrons. The molecule has 1 heterocycles. The predicted molar refractivity (Wildman–Crippen MR) is 56.7 cm³/mol. The fraction of sp³-hybridized carbons (Fsp3) is 0.200. The van der Waals surface area contributed by atoms with Crippen molar-refractivity contribution in [1.82, 2.24) is 9.78 Å². The number of aromatic nitrogens is 2. The minimum atomic E-state index is -0.0799. The number of nitrogens with zero attached hydrogens (tertiary/aromatic N) is 2. The van der Waals surface area contributed by atoms with Gasteiger partial charge in [0, 0.05) is 11.3 Å². The van der Waals surface area contributed by atoms with Gasteiger partial charge in [-0.1, -0.05) is 18.2 Å². The summed E-state index contributed by atoms with van der Waals surface area (Å²) in [7, 11) is 0. The van der Waals surface area contributed by atoms with Crippen molar-refractivity contribution in [3.63, 3.8) is 0 Å². The van der Waals surface area contributed by atoms with Crippen LogP contribution in [-0.4, -0.2) is 15.7 Å². The van der Waals surface area contributed by atoms with Crippen molar-refractivity contribution in [3.8, 4) is 0 Å². The molecule has 4 heteroatoms. The topological polar surface area (TPSA) is 34.9 Å². The van der Waals surface area contributed by atoms with Crippen LogP contribution in [-0.2, 0) is 6.54 Å². The van der Waals surface area contributed by atoms with Crippen molar-refractivity contribution < 1.29 is 0 Å². The lowest BCUT2D eigenvalue weighted by atomic mass is 10.2. The predicted octanol–water partition coefficient (Wildman–Crippen LogP) is 1.64. The minimum absolute atomic E-state index is 0.0799. The van der Waals surface area contributed by atoms with Crippen LogP contribution in [0.15, 0.2) is 35.3 Å². The second kappa shape index (κ2) is 3.80. The molecule has 0 aliphatic rings. The van der Waals surface area contributed by atoms with Crippen LogP contribution in [0.3, 0.4) is 0 Å². The normalized spacial score (nSPS) is 10.6. The number of hydrogen-bond donors (Lipinski definition) is 0. The third kappa shape index (κ3) is 1.51. The molecule has 1 aromatic heterocycles. The lowest BCUT2D eigenvalue weighted by Crippen LogP contribution is -2.23. The molecular formula is C10H9ClN2O. The summed E-state index contributed by atoms with van der Waals surface area (Å²) in [5.74, 6) is 0.394. The van der Waals surface area contributed by atoms with Crippen LogP contribution in [0.1, 0.15) is 0 Å². The molecule has 1 aromatic carbocycles. The monoisotopic (exact) mass is 208 g/mol. The highest BCUT2D eigenvalue weighted by Gasteiger charge is 2.01. The quantitative estimate of drug-likeness (QED) is 0.704. The van der Waals surface area contributed by atoms with Gasteiger partial charge in [-0.25, -0.2) is 4.68 Å². The molecule has 0 bridgehead atoms. The van der Waals surface area contributed by atoms with Gasteiger partial charge in [0.15, 0.2) is 0 Å². The number of aryl methyl sites for hydroxylation is 1. The molecule has 3 nitrogen and oxygen atoms in total. The first-order valence-electron chi connectivity index (χ1n) is 4.34. The Morgan fingerprint density at radius 3 is 2.93 bits per heavy atom. The molecule has 0 radical (unpaired) electrons. The third-order valence-electron chi connectivity index (χ3n) is 2.06. The first kappa shape index (κ1) is 9.21. The van der Waals surface area contributed by atoms with E-state index in [1.807, 2.05) is 18.2 Å². The molecule has 0 aliphatic heterocycles. The summed E-state index contributed by atoms with van der Waals surface area (Å²) in [5, 5.41) is 5.57. The van der Waals surface area contributed by atoms with Gasteiger partial charge in [-0.05, 0) is 6.07 Å². The molecule has 0 amide bonds. The molecule has 0 aliphatic carbocycles. The standard InChI is InChI=1S/C10H9ClN2O/c11-5-6-13-10(14)9-4-2-1-3-8(9)7-12-13/h1-4,7H,5-6H2. The molecule has 0 fully saturated rings. The number of fused-ring (bicyclic) bond motifs is 1. The summed E-state index contributed by atoms with van der Waals surface area (Å²) in [6.45, 7) is 0.450.